The minimum atomic E-state index is -0.565. The first-order valence-corrected chi connectivity index (χ1v) is 6.60. The first kappa shape index (κ1) is 13.1. The third kappa shape index (κ3) is 2.51. The van der Waals surface area contributed by atoms with Crippen LogP contribution in [0.5, 0.6) is 0 Å². The van der Waals surface area contributed by atoms with Gasteiger partial charge in [0.1, 0.15) is 11.6 Å². The van der Waals surface area contributed by atoms with E-state index in [9.17, 15) is 13.9 Å². The lowest BCUT2D eigenvalue weighted by atomic mass is 9.98. The van der Waals surface area contributed by atoms with Crippen molar-refractivity contribution in [1.82, 2.24) is 0 Å². The Kier molecular flexibility index (Phi) is 3.40. The molecule has 0 aliphatic carbocycles. The second kappa shape index (κ2) is 5.21. The molecule has 2 aromatic rings. The summed E-state index contributed by atoms with van der Waals surface area (Å²) in [4.78, 5) is 2.04. The zero-order valence-corrected chi connectivity index (χ0v) is 10.9. The molecule has 0 radical (unpaired) electrons. The number of halogens is 2. The molecule has 0 aromatic heterocycles. The second-order valence-electron chi connectivity index (χ2n) is 5.06. The maximum Gasteiger partial charge on any atom is 0.126 e. The van der Waals surface area contributed by atoms with E-state index in [0.29, 0.717) is 25.1 Å². The van der Waals surface area contributed by atoms with Gasteiger partial charge in [0.15, 0.2) is 0 Å². The van der Waals surface area contributed by atoms with E-state index in [-0.39, 0.29) is 0 Å². The van der Waals surface area contributed by atoms with Gasteiger partial charge < -0.3 is 10.0 Å². The summed E-state index contributed by atoms with van der Waals surface area (Å²) in [6.45, 7) is 1.09. The van der Waals surface area contributed by atoms with Gasteiger partial charge in [-0.25, -0.2) is 8.78 Å². The Bertz CT molecular complexity index is 609. The molecular formula is C16H15F2NO. The number of rotatable bonds is 2. The van der Waals surface area contributed by atoms with Crippen molar-refractivity contribution < 1.29 is 13.9 Å². The van der Waals surface area contributed by atoms with Crippen molar-refractivity contribution in [3.05, 3.63) is 65.2 Å². The SMILES string of the molecule is OC1CCN(Cc2cc(F)cc(F)c2)c2ccccc21. The van der Waals surface area contributed by atoms with Crippen LogP contribution in [-0.4, -0.2) is 11.7 Å². The third-order valence-corrected chi connectivity index (χ3v) is 3.60. The zero-order chi connectivity index (χ0) is 14.1. The van der Waals surface area contributed by atoms with E-state index < -0.39 is 17.7 Å². The van der Waals surface area contributed by atoms with Crippen molar-refractivity contribution in [2.24, 2.45) is 0 Å². The maximum atomic E-state index is 13.2. The van der Waals surface area contributed by atoms with E-state index in [1.54, 1.807) is 0 Å². The zero-order valence-electron chi connectivity index (χ0n) is 10.9. The molecule has 1 unspecified atom stereocenters. The number of fused-ring (bicyclic) bond motifs is 1. The largest absolute Gasteiger partial charge is 0.388 e. The number of hydrogen-bond donors (Lipinski definition) is 1. The van der Waals surface area contributed by atoms with Gasteiger partial charge in [0.2, 0.25) is 0 Å². The lowest BCUT2D eigenvalue weighted by Gasteiger charge is -2.33. The Morgan fingerprint density at radius 3 is 2.55 bits per heavy atom. The molecule has 0 saturated heterocycles. The highest BCUT2D eigenvalue weighted by molar-refractivity contribution is 5.56. The minimum Gasteiger partial charge on any atom is -0.388 e. The average Bonchev–Trinajstić information content (AvgIpc) is 2.41. The number of aliphatic hydroxyl groups is 1. The standard InChI is InChI=1S/C16H15F2NO/c17-12-7-11(8-13(18)9-12)10-19-6-5-16(20)14-3-1-2-4-15(14)19/h1-4,7-9,16,20H,5-6,10H2. The highest BCUT2D eigenvalue weighted by Gasteiger charge is 2.23. The number of hydrogen-bond acceptors (Lipinski definition) is 2. The summed E-state index contributed by atoms with van der Waals surface area (Å²) in [5.74, 6) is -1.13. The van der Waals surface area contributed by atoms with Gasteiger partial charge in [-0.2, -0.15) is 0 Å². The fraction of sp³-hybridized carbons (Fsp3) is 0.250. The van der Waals surface area contributed by atoms with Crippen LogP contribution >= 0.6 is 0 Å². The molecule has 1 atom stereocenters. The lowest BCUT2D eigenvalue weighted by Crippen LogP contribution is -2.30. The first-order chi connectivity index (χ1) is 9.63. The van der Waals surface area contributed by atoms with Gasteiger partial charge in [-0.05, 0) is 30.2 Å². The molecule has 0 amide bonds. The summed E-state index contributed by atoms with van der Waals surface area (Å²) in [6.07, 6.45) is 0.154. The van der Waals surface area contributed by atoms with E-state index in [0.717, 1.165) is 17.3 Å². The molecule has 0 fully saturated rings. The summed E-state index contributed by atoms with van der Waals surface area (Å²) in [6, 6.07) is 11.2. The fourth-order valence-electron chi connectivity index (χ4n) is 2.70. The molecular weight excluding hydrogens is 260 g/mol. The smallest absolute Gasteiger partial charge is 0.126 e. The van der Waals surface area contributed by atoms with Gasteiger partial charge in [0, 0.05) is 30.4 Å². The monoisotopic (exact) mass is 275 g/mol. The number of para-hydroxylation sites is 1. The van der Waals surface area contributed by atoms with E-state index >= 15 is 0 Å². The molecule has 1 aliphatic heterocycles. The predicted octanol–water partition coefficient (Wildman–Crippen LogP) is 3.41. The van der Waals surface area contributed by atoms with Crippen molar-refractivity contribution in [2.45, 2.75) is 19.1 Å². The fourth-order valence-corrected chi connectivity index (χ4v) is 2.70. The number of nitrogens with zero attached hydrogens (tertiary/aromatic N) is 1. The van der Waals surface area contributed by atoms with Gasteiger partial charge >= 0.3 is 0 Å². The molecule has 1 heterocycles. The van der Waals surface area contributed by atoms with Crippen LogP contribution in [0.4, 0.5) is 14.5 Å². The summed E-state index contributed by atoms with van der Waals surface area (Å²) >= 11 is 0. The molecule has 1 aliphatic rings. The Hall–Kier alpha value is -1.94. The first-order valence-electron chi connectivity index (χ1n) is 6.60. The number of anilines is 1. The molecule has 0 bridgehead atoms. The average molecular weight is 275 g/mol. The van der Waals surface area contributed by atoms with Crippen LogP contribution < -0.4 is 4.90 Å². The molecule has 3 rings (SSSR count). The topological polar surface area (TPSA) is 23.5 Å². The molecule has 2 aromatic carbocycles. The summed E-state index contributed by atoms with van der Waals surface area (Å²) in [5, 5.41) is 9.99. The summed E-state index contributed by atoms with van der Waals surface area (Å²) in [5.41, 5.74) is 2.39. The number of benzene rings is 2. The van der Waals surface area contributed by atoms with Gasteiger partial charge in [0.05, 0.1) is 6.10 Å². The predicted molar refractivity (Wildman–Crippen MR) is 73.4 cm³/mol. The van der Waals surface area contributed by atoms with Crippen LogP contribution in [0.3, 0.4) is 0 Å². The molecule has 1 N–H and O–H groups in total. The minimum absolute atomic E-state index is 0.429. The Morgan fingerprint density at radius 2 is 1.80 bits per heavy atom. The second-order valence-corrected chi connectivity index (χ2v) is 5.06. The number of aliphatic hydroxyl groups excluding tert-OH is 1. The van der Waals surface area contributed by atoms with Gasteiger partial charge in [-0.1, -0.05) is 18.2 Å². The van der Waals surface area contributed by atoms with Gasteiger partial charge in [-0.3, -0.25) is 0 Å². The van der Waals surface area contributed by atoms with Gasteiger partial charge in [0.25, 0.3) is 0 Å². The summed E-state index contributed by atoms with van der Waals surface area (Å²) in [7, 11) is 0. The third-order valence-electron chi connectivity index (χ3n) is 3.60. The van der Waals surface area contributed by atoms with Crippen molar-refractivity contribution in [3.63, 3.8) is 0 Å². The highest BCUT2D eigenvalue weighted by Crippen LogP contribution is 2.34. The van der Waals surface area contributed by atoms with Crippen LogP contribution in [0.25, 0.3) is 0 Å². The van der Waals surface area contributed by atoms with E-state index in [1.165, 1.54) is 12.1 Å². The van der Waals surface area contributed by atoms with Crippen LogP contribution in [0.2, 0.25) is 0 Å². The molecule has 104 valence electrons. The Morgan fingerprint density at radius 1 is 1.10 bits per heavy atom. The van der Waals surface area contributed by atoms with Crippen LogP contribution in [0, 0.1) is 11.6 Å². The van der Waals surface area contributed by atoms with Crippen molar-refractivity contribution in [3.8, 4) is 0 Å². The molecule has 4 heteroatoms. The molecule has 0 saturated carbocycles. The normalized spacial score (nSPS) is 17.9. The molecule has 20 heavy (non-hydrogen) atoms. The van der Waals surface area contributed by atoms with Crippen molar-refractivity contribution in [1.29, 1.82) is 0 Å². The Balaban J connectivity index is 1.90. The van der Waals surface area contributed by atoms with Crippen LogP contribution in [0.1, 0.15) is 23.7 Å². The molecule has 0 spiro atoms. The highest BCUT2D eigenvalue weighted by atomic mass is 19.1. The van der Waals surface area contributed by atoms with Gasteiger partial charge in [-0.15, -0.1) is 0 Å². The van der Waals surface area contributed by atoms with Crippen molar-refractivity contribution in [2.75, 3.05) is 11.4 Å². The van der Waals surface area contributed by atoms with E-state index in [1.807, 2.05) is 29.2 Å². The van der Waals surface area contributed by atoms with Crippen LogP contribution in [-0.2, 0) is 6.54 Å². The van der Waals surface area contributed by atoms with E-state index in [4.69, 9.17) is 0 Å². The van der Waals surface area contributed by atoms with Crippen molar-refractivity contribution >= 4 is 5.69 Å². The summed E-state index contributed by atoms with van der Waals surface area (Å²) < 4.78 is 26.5. The quantitative estimate of drug-likeness (QED) is 0.908. The lowest BCUT2D eigenvalue weighted by molar-refractivity contribution is 0.164. The molecule has 2 nitrogen and oxygen atoms in total. The maximum absolute atomic E-state index is 13.2. The van der Waals surface area contributed by atoms with E-state index in [2.05, 4.69) is 0 Å². The van der Waals surface area contributed by atoms with Crippen LogP contribution in [0.15, 0.2) is 42.5 Å². The Labute approximate surface area is 116 Å².